The van der Waals surface area contributed by atoms with Gasteiger partial charge in [-0.2, -0.15) is 4.31 Å². The van der Waals surface area contributed by atoms with Crippen molar-refractivity contribution in [3.05, 3.63) is 24.3 Å². The number of para-hydroxylation sites is 1. The topological polar surface area (TPSA) is 46.6 Å². The van der Waals surface area contributed by atoms with E-state index in [1.807, 2.05) is 6.92 Å². The van der Waals surface area contributed by atoms with Gasteiger partial charge in [-0.25, -0.2) is 8.42 Å². The highest BCUT2D eigenvalue weighted by Crippen LogP contribution is 2.37. The third kappa shape index (κ3) is 2.83. The first-order valence-electron chi connectivity index (χ1n) is 7.06. The fraction of sp³-hybridized carbons (Fsp3) is 0.600. The zero-order valence-corrected chi connectivity index (χ0v) is 13.4. The van der Waals surface area contributed by atoms with Crippen molar-refractivity contribution in [2.24, 2.45) is 5.92 Å². The smallest absolute Gasteiger partial charge is 0.247 e. The summed E-state index contributed by atoms with van der Waals surface area (Å²) in [6, 6.07) is 6.96. The Labute approximate surface area is 121 Å². The number of ether oxygens (including phenoxy) is 1. The van der Waals surface area contributed by atoms with Gasteiger partial charge in [0, 0.05) is 12.1 Å². The van der Waals surface area contributed by atoms with Gasteiger partial charge in [0.2, 0.25) is 10.0 Å². The van der Waals surface area contributed by atoms with E-state index in [0.717, 1.165) is 12.8 Å². The molecule has 0 N–H and O–H groups in total. The number of rotatable bonds is 6. The van der Waals surface area contributed by atoms with Crippen molar-refractivity contribution < 1.29 is 13.2 Å². The highest BCUT2D eigenvalue weighted by molar-refractivity contribution is 7.89. The molecule has 4 nitrogen and oxygen atoms in total. The monoisotopic (exact) mass is 297 g/mol. The number of sulfonamides is 1. The van der Waals surface area contributed by atoms with Gasteiger partial charge in [0.25, 0.3) is 0 Å². The van der Waals surface area contributed by atoms with E-state index in [1.54, 1.807) is 28.6 Å². The summed E-state index contributed by atoms with van der Waals surface area (Å²) in [5, 5.41) is 0. The lowest BCUT2D eigenvalue weighted by molar-refractivity contribution is 0.268. The molecule has 20 heavy (non-hydrogen) atoms. The third-order valence-electron chi connectivity index (χ3n) is 3.90. The Balaban J connectivity index is 2.46. The molecule has 1 atom stereocenters. The van der Waals surface area contributed by atoms with Crippen LogP contribution >= 0.6 is 0 Å². The quantitative estimate of drug-likeness (QED) is 0.811. The maximum atomic E-state index is 13.0. The molecule has 0 unspecified atom stereocenters. The van der Waals surface area contributed by atoms with E-state index in [9.17, 15) is 8.42 Å². The normalized spacial score (nSPS) is 17.5. The Morgan fingerprint density at radius 1 is 1.20 bits per heavy atom. The molecular weight excluding hydrogens is 274 g/mol. The third-order valence-corrected chi connectivity index (χ3v) is 5.98. The first-order valence-corrected chi connectivity index (χ1v) is 8.50. The van der Waals surface area contributed by atoms with Crippen LogP contribution in [0.4, 0.5) is 0 Å². The Kier molecular flexibility index (Phi) is 4.39. The molecule has 0 saturated heterocycles. The van der Waals surface area contributed by atoms with Crippen molar-refractivity contribution >= 4 is 10.0 Å². The largest absolute Gasteiger partial charge is 0.495 e. The van der Waals surface area contributed by atoms with Gasteiger partial charge in [-0.05, 0) is 37.8 Å². The molecule has 0 heterocycles. The fourth-order valence-corrected chi connectivity index (χ4v) is 4.48. The van der Waals surface area contributed by atoms with Crippen LogP contribution in [0.2, 0.25) is 0 Å². The Morgan fingerprint density at radius 3 is 2.30 bits per heavy atom. The first kappa shape index (κ1) is 15.3. The first-order chi connectivity index (χ1) is 9.39. The average molecular weight is 297 g/mol. The van der Waals surface area contributed by atoms with Crippen molar-refractivity contribution in [1.82, 2.24) is 4.31 Å². The molecule has 1 saturated carbocycles. The summed E-state index contributed by atoms with van der Waals surface area (Å²) in [7, 11) is -2.01. The van der Waals surface area contributed by atoms with Gasteiger partial charge in [-0.1, -0.05) is 26.0 Å². The van der Waals surface area contributed by atoms with E-state index < -0.39 is 10.0 Å². The summed E-state index contributed by atoms with van der Waals surface area (Å²) >= 11 is 0. The van der Waals surface area contributed by atoms with E-state index in [4.69, 9.17) is 4.74 Å². The highest BCUT2D eigenvalue weighted by Gasteiger charge is 2.42. The molecule has 0 amide bonds. The van der Waals surface area contributed by atoms with E-state index in [2.05, 4.69) is 13.8 Å². The van der Waals surface area contributed by atoms with Crippen LogP contribution in [0.3, 0.4) is 0 Å². The fourth-order valence-electron chi connectivity index (χ4n) is 2.32. The van der Waals surface area contributed by atoms with Gasteiger partial charge in [0.05, 0.1) is 7.11 Å². The second kappa shape index (κ2) is 5.74. The lowest BCUT2D eigenvalue weighted by atomic mass is 10.1. The van der Waals surface area contributed by atoms with Gasteiger partial charge in [-0.15, -0.1) is 0 Å². The van der Waals surface area contributed by atoms with Crippen LogP contribution in [0.15, 0.2) is 29.2 Å². The number of hydrogen-bond acceptors (Lipinski definition) is 3. The lowest BCUT2D eigenvalue weighted by Crippen LogP contribution is -2.43. The Hall–Kier alpha value is -1.07. The lowest BCUT2D eigenvalue weighted by Gasteiger charge is -2.31. The van der Waals surface area contributed by atoms with Crippen LogP contribution in [0, 0.1) is 5.92 Å². The number of methoxy groups -OCH3 is 1. The van der Waals surface area contributed by atoms with E-state index in [0.29, 0.717) is 5.75 Å². The van der Waals surface area contributed by atoms with Crippen molar-refractivity contribution in [3.8, 4) is 5.75 Å². The van der Waals surface area contributed by atoms with Crippen LogP contribution in [-0.2, 0) is 10.0 Å². The molecule has 1 aliphatic carbocycles. The predicted octanol–water partition coefficient (Wildman–Crippen LogP) is 2.89. The van der Waals surface area contributed by atoms with Crippen molar-refractivity contribution in [1.29, 1.82) is 0 Å². The molecule has 0 radical (unpaired) electrons. The van der Waals surface area contributed by atoms with Crippen molar-refractivity contribution in [2.75, 3.05) is 7.11 Å². The minimum atomic E-state index is -3.52. The number of nitrogens with zero attached hydrogens (tertiary/aromatic N) is 1. The molecule has 5 heteroatoms. The van der Waals surface area contributed by atoms with Crippen LogP contribution < -0.4 is 4.74 Å². The van der Waals surface area contributed by atoms with Gasteiger partial charge < -0.3 is 4.74 Å². The van der Waals surface area contributed by atoms with Gasteiger partial charge in [0.15, 0.2) is 0 Å². The summed E-state index contributed by atoms with van der Waals surface area (Å²) < 4.78 is 32.9. The molecule has 0 spiro atoms. The predicted molar refractivity (Wildman–Crippen MR) is 79.3 cm³/mol. The molecule has 1 aliphatic rings. The number of hydrogen-bond donors (Lipinski definition) is 0. The standard InChI is InChI=1S/C15H23NO3S/c1-11(2)12(3)16(13-9-10-13)20(17,18)15-8-6-5-7-14(15)19-4/h5-8,11-13H,9-10H2,1-4H3/t12-/m1/s1. The Morgan fingerprint density at radius 2 is 1.80 bits per heavy atom. The van der Waals surface area contributed by atoms with Crippen molar-refractivity contribution in [3.63, 3.8) is 0 Å². The second-order valence-electron chi connectivity index (χ2n) is 5.70. The van der Waals surface area contributed by atoms with Gasteiger partial charge in [0.1, 0.15) is 10.6 Å². The van der Waals surface area contributed by atoms with E-state index in [1.165, 1.54) is 7.11 Å². The van der Waals surface area contributed by atoms with Crippen LogP contribution in [0.25, 0.3) is 0 Å². The Bertz CT molecular complexity index is 564. The van der Waals surface area contributed by atoms with E-state index in [-0.39, 0.29) is 22.9 Å². The van der Waals surface area contributed by atoms with Crippen molar-refractivity contribution in [2.45, 2.75) is 50.6 Å². The van der Waals surface area contributed by atoms with Crippen LogP contribution in [0.1, 0.15) is 33.6 Å². The summed E-state index contributed by atoms with van der Waals surface area (Å²) in [4.78, 5) is 0.266. The second-order valence-corrected chi connectivity index (χ2v) is 7.51. The highest BCUT2D eigenvalue weighted by atomic mass is 32.2. The maximum absolute atomic E-state index is 13.0. The molecular formula is C15H23NO3S. The van der Waals surface area contributed by atoms with Crippen LogP contribution in [-0.4, -0.2) is 31.9 Å². The molecule has 1 aromatic rings. The summed E-state index contributed by atoms with van der Waals surface area (Å²) in [5.74, 6) is 0.689. The molecule has 112 valence electrons. The summed E-state index contributed by atoms with van der Waals surface area (Å²) in [5.41, 5.74) is 0. The molecule has 0 bridgehead atoms. The van der Waals surface area contributed by atoms with Crippen LogP contribution in [0.5, 0.6) is 5.75 Å². The summed E-state index contributed by atoms with van der Waals surface area (Å²) in [6.45, 7) is 6.09. The molecule has 0 aromatic heterocycles. The molecule has 2 rings (SSSR count). The summed E-state index contributed by atoms with van der Waals surface area (Å²) in [6.07, 6.45) is 1.90. The maximum Gasteiger partial charge on any atom is 0.247 e. The average Bonchev–Trinajstić information content (AvgIpc) is 3.22. The van der Waals surface area contributed by atoms with E-state index >= 15 is 0 Å². The SMILES string of the molecule is COc1ccccc1S(=O)(=O)N(C1CC1)[C@H](C)C(C)C. The number of benzene rings is 1. The zero-order valence-electron chi connectivity index (χ0n) is 12.5. The minimum absolute atomic E-state index is 0.0163. The zero-order chi connectivity index (χ0) is 14.9. The molecule has 1 aromatic carbocycles. The van der Waals surface area contributed by atoms with Gasteiger partial charge in [-0.3, -0.25) is 0 Å². The van der Waals surface area contributed by atoms with Gasteiger partial charge >= 0.3 is 0 Å². The molecule has 0 aliphatic heterocycles. The minimum Gasteiger partial charge on any atom is -0.495 e. The molecule has 1 fully saturated rings.